The fourth-order valence-electron chi connectivity index (χ4n) is 9.14. The zero-order valence-corrected chi connectivity index (χ0v) is 32.9. The number of halogens is 3. The number of fused-ring (bicyclic) bond motifs is 5. The van der Waals surface area contributed by atoms with E-state index in [0.29, 0.717) is 24.0 Å². The molecule has 0 radical (unpaired) electrons. The average molecular weight is 823 g/mol. The third-order valence-electron chi connectivity index (χ3n) is 12.3. The van der Waals surface area contributed by atoms with Gasteiger partial charge in [0.25, 0.3) is 5.56 Å². The highest BCUT2D eigenvalue weighted by atomic mass is 79.9. The minimum absolute atomic E-state index is 0.00597. The quantitative estimate of drug-likeness (QED) is 0.189. The number of anilines is 2. The maximum Gasteiger partial charge on any atom is 0.281 e. The van der Waals surface area contributed by atoms with E-state index in [-0.39, 0.29) is 29.9 Å². The van der Waals surface area contributed by atoms with Crippen molar-refractivity contribution < 1.29 is 18.4 Å². The fraction of sp³-hybridized carbons (Fsp3) is 0.372. The number of benzene rings is 3. The predicted molar refractivity (Wildman–Crippen MR) is 215 cm³/mol. The van der Waals surface area contributed by atoms with Crippen molar-refractivity contribution in [1.82, 2.24) is 24.8 Å². The minimum atomic E-state index is -0.997. The maximum absolute atomic E-state index is 15.2. The van der Waals surface area contributed by atoms with E-state index in [1.165, 1.54) is 12.1 Å². The second-order valence-corrected chi connectivity index (χ2v) is 16.8. The molecule has 4 aliphatic rings. The van der Waals surface area contributed by atoms with Crippen molar-refractivity contribution in [2.45, 2.75) is 63.3 Å². The summed E-state index contributed by atoms with van der Waals surface area (Å²) < 4.78 is 33.3. The van der Waals surface area contributed by atoms with Crippen LogP contribution in [0.25, 0.3) is 16.6 Å². The first-order valence-corrected chi connectivity index (χ1v) is 20.1. The van der Waals surface area contributed by atoms with Crippen LogP contribution in [-0.2, 0) is 21.5 Å². The standard InChI is InChI=1S/C43H42BrF2N7O3/c1-43(2)30-9-7-28(22-35(30)53-34-5-3-4-31(44)39(34)41(56)49-42(43)53)51-18-16-50(17-19-51)24-25-6-10-36(47-23-25)52-14-12-26(13-15-52)27-20-32(45)38(33(46)21-27)29-8-11-37(54)48-40(29)55/h3-7,9-10,20-23,26,29H,8,11-19,24H2,1-2H3,(H,48,54,55). The summed E-state index contributed by atoms with van der Waals surface area (Å²) in [4.78, 5) is 53.4. The highest BCUT2D eigenvalue weighted by Crippen LogP contribution is 2.44. The second kappa shape index (κ2) is 14.2. The number of piperazine rings is 1. The van der Waals surface area contributed by atoms with Gasteiger partial charge in [0.2, 0.25) is 11.8 Å². The van der Waals surface area contributed by atoms with Crippen LogP contribution in [0.1, 0.15) is 79.4 Å². The number of hydrogen-bond acceptors (Lipinski definition) is 8. The number of nitrogens with one attached hydrogen (secondary N) is 1. The van der Waals surface area contributed by atoms with Crippen LogP contribution in [0.4, 0.5) is 20.3 Å². The number of aromatic nitrogens is 3. The van der Waals surface area contributed by atoms with E-state index in [9.17, 15) is 14.4 Å². The van der Waals surface area contributed by atoms with Gasteiger partial charge in [-0.15, -0.1) is 0 Å². The zero-order chi connectivity index (χ0) is 38.9. The van der Waals surface area contributed by atoms with Crippen LogP contribution in [0.3, 0.4) is 0 Å². The third-order valence-corrected chi connectivity index (χ3v) is 12.9. The molecule has 288 valence electrons. The first kappa shape index (κ1) is 36.6. The zero-order valence-electron chi connectivity index (χ0n) is 31.3. The first-order chi connectivity index (χ1) is 27.0. The van der Waals surface area contributed by atoms with E-state index in [1.807, 2.05) is 24.4 Å². The van der Waals surface area contributed by atoms with E-state index in [2.05, 4.69) is 89.7 Å². The number of nitrogens with zero attached hydrogens (tertiary/aromatic N) is 6. The molecule has 2 amide bonds. The number of carbonyl (C=O) groups is 2. The molecule has 3 aromatic carbocycles. The van der Waals surface area contributed by atoms with Crippen LogP contribution in [-0.4, -0.2) is 70.5 Å². The molecular formula is C43H42BrF2N7O3. The summed E-state index contributed by atoms with van der Waals surface area (Å²) in [6.07, 6.45) is 3.57. The lowest BCUT2D eigenvalue weighted by molar-refractivity contribution is -0.134. The van der Waals surface area contributed by atoms with Crippen molar-refractivity contribution in [3.8, 4) is 5.69 Å². The molecule has 1 unspecified atom stereocenters. The third kappa shape index (κ3) is 6.38. The molecule has 5 aromatic rings. The normalized spacial score (nSPS) is 20.0. The summed E-state index contributed by atoms with van der Waals surface area (Å²) in [5, 5.41) is 2.78. The number of piperidine rings is 2. The Bertz CT molecular complexity index is 2430. The Morgan fingerprint density at radius 1 is 0.875 bits per heavy atom. The van der Waals surface area contributed by atoms with Crippen molar-refractivity contribution in [2.75, 3.05) is 49.1 Å². The van der Waals surface area contributed by atoms with Crippen molar-refractivity contribution in [1.29, 1.82) is 0 Å². The van der Waals surface area contributed by atoms with Crippen molar-refractivity contribution >= 4 is 50.2 Å². The number of pyridine rings is 1. The van der Waals surface area contributed by atoms with E-state index in [4.69, 9.17) is 4.98 Å². The Hall–Kier alpha value is -5.01. The molecule has 6 heterocycles. The highest BCUT2D eigenvalue weighted by molar-refractivity contribution is 9.10. The van der Waals surface area contributed by atoms with Crippen molar-refractivity contribution in [2.24, 2.45) is 0 Å². The molecule has 10 nitrogen and oxygen atoms in total. The lowest BCUT2D eigenvalue weighted by Gasteiger charge is -2.36. The van der Waals surface area contributed by atoms with Gasteiger partial charge in [0, 0.05) is 74.2 Å². The smallest absolute Gasteiger partial charge is 0.281 e. The van der Waals surface area contributed by atoms with Crippen molar-refractivity contribution in [3.63, 3.8) is 0 Å². The van der Waals surface area contributed by atoms with Crippen molar-refractivity contribution in [3.05, 3.63) is 121 Å². The largest absolute Gasteiger partial charge is 0.369 e. The molecule has 3 saturated heterocycles. The van der Waals surface area contributed by atoms with E-state index < -0.39 is 34.8 Å². The molecule has 1 N–H and O–H groups in total. The molecule has 0 spiro atoms. The van der Waals surface area contributed by atoms with Gasteiger partial charge >= 0.3 is 0 Å². The van der Waals surface area contributed by atoms with Gasteiger partial charge < -0.3 is 9.80 Å². The Balaban J connectivity index is 0.810. The van der Waals surface area contributed by atoms with E-state index >= 15 is 8.78 Å². The topological polar surface area (TPSA) is 104 Å². The van der Waals surface area contributed by atoms with Crippen LogP contribution >= 0.6 is 15.9 Å². The Labute approximate surface area is 331 Å². The molecule has 3 fully saturated rings. The van der Waals surface area contributed by atoms with Crippen LogP contribution in [0, 0.1) is 11.6 Å². The summed E-state index contributed by atoms with van der Waals surface area (Å²) >= 11 is 3.57. The molecule has 2 aromatic heterocycles. The van der Waals surface area contributed by atoms with Gasteiger partial charge in [0.15, 0.2) is 0 Å². The Morgan fingerprint density at radius 3 is 2.32 bits per heavy atom. The van der Waals surface area contributed by atoms with E-state index in [0.717, 1.165) is 89.7 Å². The van der Waals surface area contributed by atoms with Crippen LogP contribution in [0.2, 0.25) is 0 Å². The number of rotatable bonds is 6. The highest BCUT2D eigenvalue weighted by Gasteiger charge is 2.39. The molecule has 1 atom stereocenters. The second-order valence-electron chi connectivity index (χ2n) is 16.0. The minimum Gasteiger partial charge on any atom is -0.369 e. The molecule has 4 aliphatic heterocycles. The average Bonchev–Trinajstić information content (AvgIpc) is 3.41. The van der Waals surface area contributed by atoms with Gasteiger partial charge in [0.1, 0.15) is 23.3 Å². The molecule has 0 saturated carbocycles. The summed E-state index contributed by atoms with van der Waals surface area (Å²) in [5.41, 5.74) is 5.12. The van der Waals surface area contributed by atoms with Crippen LogP contribution in [0.15, 0.2) is 76.1 Å². The molecule has 56 heavy (non-hydrogen) atoms. The lowest BCUT2D eigenvalue weighted by Crippen LogP contribution is -2.46. The SMILES string of the molecule is CC1(C)c2ccc(N3CCN(Cc4ccc(N5CCC(c6cc(F)c(C7CCC(=O)NC7=O)c(F)c6)CC5)nc4)CC3)cc2-n2c1nc(=O)c1c(Br)cccc12. The van der Waals surface area contributed by atoms with Gasteiger partial charge in [-0.2, -0.15) is 4.98 Å². The molecule has 0 aliphatic carbocycles. The summed E-state index contributed by atoms with van der Waals surface area (Å²) in [7, 11) is 0. The number of amides is 2. The lowest BCUT2D eigenvalue weighted by atomic mass is 9.85. The van der Waals surface area contributed by atoms with Gasteiger partial charge in [-0.25, -0.2) is 13.8 Å². The number of carbonyl (C=O) groups excluding carboxylic acids is 2. The van der Waals surface area contributed by atoms with E-state index in [1.54, 1.807) is 0 Å². The molecular weight excluding hydrogens is 780 g/mol. The predicted octanol–water partition coefficient (Wildman–Crippen LogP) is 6.69. The van der Waals surface area contributed by atoms with Gasteiger partial charge in [-0.1, -0.05) is 18.2 Å². The number of imide groups is 1. The van der Waals surface area contributed by atoms with Gasteiger partial charge in [0.05, 0.1) is 27.9 Å². The first-order valence-electron chi connectivity index (χ1n) is 19.3. The van der Waals surface area contributed by atoms with Crippen LogP contribution < -0.4 is 20.7 Å². The Morgan fingerprint density at radius 2 is 1.62 bits per heavy atom. The summed E-state index contributed by atoms with van der Waals surface area (Å²) in [5.74, 6) is -1.87. The van der Waals surface area contributed by atoms with Crippen LogP contribution in [0.5, 0.6) is 0 Å². The van der Waals surface area contributed by atoms with Gasteiger partial charge in [-0.3, -0.25) is 29.2 Å². The Kier molecular flexibility index (Phi) is 9.27. The molecule has 13 heteroatoms. The molecule has 9 rings (SSSR count). The summed E-state index contributed by atoms with van der Waals surface area (Å²) in [6.45, 7) is 10.1. The maximum atomic E-state index is 15.2. The van der Waals surface area contributed by atoms with Gasteiger partial charge in [-0.05, 0) is 114 Å². The fourth-order valence-corrected chi connectivity index (χ4v) is 9.67. The monoisotopic (exact) mass is 821 g/mol. The molecule has 0 bridgehead atoms. The number of hydrogen-bond donors (Lipinski definition) is 1. The summed E-state index contributed by atoms with van der Waals surface area (Å²) in [6, 6.07) is 19.4.